The Labute approximate surface area is 186 Å². The quantitative estimate of drug-likeness (QED) is 0.615. The standard InChI is InChI=1S/C24H24ClN3O3/c1-16-8-7-9-19(22(16)24(30)28-12-5-6-13-28)26-23(29)17-14-18(25)20(15-21(17)31-2)27-10-3-4-11-27/h3-4,7-11,14-15H,5-6,12-13H2,1-2H3,(H,26,29). The minimum atomic E-state index is -0.390. The number of carbonyl (C=O) groups is 2. The van der Waals surface area contributed by atoms with Crippen molar-refractivity contribution in [2.24, 2.45) is 0 Å². The van der Waals surface area contributed by atoms with E-state index in [1.165, 1.54) is 7.11 Å². The number of likely N-dealkylation sites (tertiary alicyclic amines) is 1. The van der Waals surface area contributed by atoms with Crippen molar-refractivity contribution < 1.29 is 14.3 Å². The molecule has 31 heavy (non-hydrogen) atoms. The number of ether oxygens (including phenoxy) is 1. The number of amides is 2. The van der Waals surface area contributed by atoms with Gasteiger partial charge in [-0.25, -0.2) is 0 Å². The molecule has 0 unspecified atom stereocenters. The predicted octanol–water partition coefficient (Wildman–Crippen LogP) is 4.94. The zero-order valence-corrected chi connectivity index (χ0v) is 18.3. The number of aromatic nitrogens is 1. The van der Waals surface area contributed by atoms with Crippen molar-refractivity contribution in [2.45, 2.75) is 19.8 Å². The van der Waals surface area contributed by atoms with E-state index in [2.05, 4.69) is 5.32 Å². The molecule has 0 radical (unpaired) electrons. The Morgan fingerprint density at radius 2 is 1.77 bits per heavy atom. The third-order valence-corrected chi connectivity index (χ3v) is 5.83. The van der Waals surface area contributed by atoms with E-state index in [0.717, 1.165) is 31.5 Å². The molecule has 0 spiro atoms. The van der Waals surface area contributed by atoms with E-state index in [4.69, 9.17) is 16.3 Å². The summed E-state index contributed by atoms with van der Waals surface area (Å²) in [6, 6.07) is 12.5. The summed E-state index contributed by atoms with van der Waals surface area (Å²) in [6.07, 6.45) is 5.73. The molecule has 6 nitrogen and oxygen atoms in total. The van der Waals surface area contributed by atoms with Crippen LogP contribution in [0.25, 0.3) is 5.69 Å². The van der Waals surface area contributed by atoms with Crippen molar-refractivity contribution in [1.29, 1.82) is 0 Å². The van der Waals surface area contributed by atoms with Crippen molar-refractivity contribution in [3.05, 3.63) is 76.6 Å². The molecule has 4 rings (SSSR count). The van der Waals surface area contributed by atoms with Gasteiger partial charge in [-0.05, 0) is 49.6 Å². The minimum absolute atomic E-state index is 0.0566. The number of rotatable bonds is 5. The Bertz CT molecular complexity index is 1120. The van der Waals surface area contributed by atoms with Crippen LogP contribution in [0.3, 0.4) is 0 Å². The second-order valence-electron chi connectivity index (χ2n) is 7.55. The van der Waals surface area contributed by atoms with Gasteiger partial charge in [0.15, 0.2) is 0 Å². The number of nitrogens with zero attached hydrogens (tertiary/aromatic N) is 2. The van der Waals surface area contributed by atoms with Gasteiger partial charge < -0.3 is 19.5 Å². The second-order valence-corrected chi connectivity index (χ2v) is 7.95. The van der Waals surface area contributed by atoms with Crippen molar-refractivity contribution >= 4 is 29.1 Å². The molecule has 2 amide bonds. The van der Waals surface area contributed by atoms with Crippen LogP contribution in [0.5, 0.6) is 5.75 Å². The summed E-state index contributed by atoms with van der Waals surface area (Å²) in [5, 5.41) is 3.31. The highest BCUT2D eigenvalue weighted by Gasteiger charge is 2.25. The highest BCUT2D eigenvalue weighted by atomic mass is 35.5. The van der Waals surface area contributed by atoms with E-state index in [-0.39, 0.29) is 11.8 Å². The third kappa shape index (κ3) is 4.16. The predicted molar refractivity (Wildman–Crippen MR) is 122 cm³/mol. The maximum Gasteiger partial charge on any atom is 0.259 e. The number of nitrogens with one attached hydrogen (secondary N) is 1. The molecule has 0 aliphatic carbocycles. The van der Waals surface area contributed by atoms with E-state index in [0.29, 0.717) is 33.3 Å². The largest absolute Gasteiger partial charge is 0.496 e. The molecule has 1 aliphatic heterocycles. The third-order valence-electron chi connectivity index (χ3n) is 5.52. The number of halogens is 1. The van der Waals surface area contributed by atoms with Crippen LogP contribution in [0.2, 0.25) is 5.02 Å². The summed E-state index contributed by atoms with van der Waals surface area (Å²) in [7, 11) is 1.51. The first-order valence-electron chi connectivity index (χ1n) is 10.2. The van der Waals surface area contributed by atoms with Crippen molar-refractivity contribution in [1.82, 2.24) is 9.47 Å². The molecule has 2 aromatic carbocycles. The summed E-state index contributed by atoms with van der Waals surface area (Å²) in [6.45, 7) is 3.36. The van der Waals surface area contributed by atoms with Gasteiger partial charge >= 0.3 is 0 Å². The molecule has 2 heterocycles. The fourth-order valence-electron chi connectivity index (χ4n) is 3.91. The monoisotopic (exact) mass is 437 g/mol. The van der Waals surface area contributed by atoms with Crippen molar-refractivity contribution in [3.63, 3.8) is 0 Å². The number of anilines is 1. The van der Waals surface area contributed by atoms with Gasteiger partial charge in [-0.3, -0.25) is 9.59 Å². The average molecular weight is 438 g/mol. The lowest BCUT2D eigenvalue weighted by Crippen LogP contribution is -2.29. The van der Waals surface area contributed by atoms with Crippen molar-refractivity contribution in [3.8, 4) is 11.4 Å². The Kier molecular flexibility index (Phi) is 6.00. The number of benzene rings is 2. The minimum Gasteiger partial charge on any atom is -0.496 e. The first-order chi connectivity index (χ1) is 15.0. The number of carbonyl (C=O) groups excluding carboxylic acids is 2. The van der Waals surface area contributed by atoms with Crippen LogP contribution in [0, 0.1) is 6.92 Å². The number of aryl methyl sites for hydroxylation is 1. The summed E-state index contributed by atoms with van der Waals surface area (Å²) in [5.41, 5.74) is 2.83. The molecular weight excluding hydrogens is 414 g/mol. The fourth-order valence-corrected chi connectivity index (χ4v) is 4.17. The maximum absolute atomic E-state index is 13.2. The van der Waals surface area contributed by atoms with Crippen LogP contribution in [0.1, 0.15) is 39.1 Å². The molecule has 1 aromatic heterocycles. The Morgan fingerprint density at radius 3 is 2.45 bits per heavy atom. The van der Waals surface area contributed by atoms with Gasteiger partial charge in [-0.2, -0.15) is 0 Å². The average Bonchev–Trinajstić information content (AvgIpc) is 3.47. The van der Waals surface area contributed by atoms with Gasteiger partial charge in [0.2, 0.25) is 0 Å². The summed E-state index contributed by atoms with van der Waals surface area (Å²) < 4.78 is 7.32. The van der Waals surface area contributed by atoms with Crippen LogP contribution < -0.4 is 10.1 Å². The lowest BCUT2D eigenvalue weighted by Gasteiger charge is -2.20. The SMILES string of the molecule is COc1cc(-n2cccc2)c(Cl)cc1C(=O)Nc1cccc(C)c1C(=O)N1CCCC1. The summed E-state index contributed by atoms with van der Waals surface area (Å²) in [5.74, 6) is -0.0524. The molecule has 1 fully saturated rings. The van der Waals surface area contributed by atoms with Crippen molar-refractivity contribution in [2.75, 3.05) is 25.5 Å². The number of methoxy groups -OCH3 is 1. The summed E-state index contributed by atoms with van der Waals surface area (Å²) >= 11 is 6.47. The lowest BCUT2D eigenvalue weighted by molar-refractivity contribution is 0.0793. The molecule has 160 valence electrons. The molecule has 1 saturated heterocycles. The smallest absolute Gasteiger partial charge is 0.259 e. The highest BCUT2D eigenvalue weighted by Crippen LogP contribution is 2.31. The first-order valence-corrected chi connectivity index (χ1v) is 10.6. The molecule has 0 atom stereocenters. The van der Waals surface area contributed by atoms with E-state index in [9.17, 15) is 9.59 Å². The zero-order valence-electron chi connectivity index (χ0n) is 17.5. The lowest BCUT2D eigenvalue weighted by atomic mass is 10.0. The van der Waals surface area contributed by atoms with E-state index >= 15 is 0 Å². The Morgan fingerprint density at radius 1 is 1.06 bits per heavy atom. The van der Waals surface area contributed by atoms with Gasteiger partial charge in [-0.15, -0.1) is 0 Å². The van der Waals surface area contributed by atoms with E-state index in [1.807, 2.05) is 53.0 Å². The number of hydrogen-bond donors (Lipinski definition) is 1. The van der Waals surface area contributed by atoms with Gasteiger partial charge in [0.05, 0.1) is 34.6 Å². The molecular formula is C24H24ClN3O3. The second kappa shape index (κ2) is 8.86. The topological polar surface area (TPSA) is 63.6 Å². The highest BCUT2D eigenvalue weighted by molar-refractivity contribution is 6.33. The van der Waals surface area contributed by atoms with Crippen LogP contribution in [-0.4, -0.2) is 41.5 Å². The van der Waals surface area contributed by atoms with Crippen LogP contribution in [0.15, 0.2) is 54.9 Å². The Balaban J connectivity index is 1.67. The van der Waals surface area contributed by atoms with Gasteiger partial charge in [-0.1, -0.05) is 23.7 Å². The molecule has 3 aromatic rings. The fraction of sp³-hybridized carbons (Fsp3) is 0.250. The molecule has 1 aliphatic rings. The zero-order chi connectivity index (χ0) is 22.0. The van der Waals surface area contributed by atoms with Gasteiger partial charge in [0.1, 0.15) is 5.75 Å². The summed E-state index contributed by atoms with van der Waals surface area (Å²) in [4.78, 5) is 28.1. The molecule has 1 N–H and O–H groups in total. The normalized spacial score (nSPS) is 13.3. The van der Waals surface area contributed by atoms with Gasteiger partial charge in [0.25, 0.3) is 11.8 Å². The molecule has 7 heteroatoms. The van der Waals surface area contributed by atoms with E-state index < -0.39 is 0 Å². The maximum atomic E-state index is 13.2. The number of hydrogen-bond acceptors (Lipinski definition) is 3. The van der Waals surface area contributed by atoms with Crippen LogP contribution in [0.4, 0.5) is 5.69 Å². The van der Waals surface area contributed by atoms with Gasteiger partial charge in [0, 0.05) is 31.5 Å². The molecule has 0 bridgehead atoms. The molecule has 0 saturated carbocycles. The first kappa shape index (κ1) is 21.0. The van der Waals surface area contributed by atoms with E-state index in [1.54, 1.807) is 18.2 Å². The van der Waals surface area contributed by atoms with Crippen LogP contribution >= 0.6 is 11.6 Å². The van der Waals surface area contributed by atoms with Crippen LogP contribution in [-0.2, 0) is 0 Å². The Hall–Kier alpha value is -3.25.